The maximum atomic E-state index is 13.7. The SMILES string of the molecule is C=CC(C)(C)c1c(O)c(F)cc2nc(C)sc12. The highest BCUT2D eigenvalue weighted by Crippen LogP contribution is 2.41. The number of phenolic OH excluding ortho intramolecular Hbond substituents is 1. The molecule has 0 bridgehead atoms. The molecule has 1 N–H and O–H groups in total. The Morgan fingerprint density at radius 1 is 1.53 bits per heavy atom. The molecule has 1 heterocycles. The number of halogens is 1. The Kier molecular flexibility index (Phi) is 2.70. The molecule has 0 aliphatic rings. The van der Waals surface area contributed by atoms with Crippen LogP contribution in [0, 0.1) is 12.7 Å². The molecule has 0 saturated heterocycles. The summed E-state index contributed by atoms with van der Waals surface area (Å²) < 4.78 is 14.5. The number of thiazole rings is 1. The molecular weight excluding hydrogens is 237 g/mol. The van der Waals surface area contributed by atoms with Crippen LogP contribution in [0.2, 0.25) is 0 Å². The van der Waals surface area contributed by atoms with E-state index < -0.39 is 11.2 Å². The second-order valence-electron chi connectivity index (χ2n) is 4.59. The summed E-state index contributed by atoms with van der Waals surface area (Å²) in [5, 5.41) is 10.8. The van der Waals surface area contributed by atoms with Crippen molar-refractivity contribution < 1.29 is 9.50 Å². The zero-order chi connectivity index (χ0) is 12.8. The number of fused-ring (bicyclic) bond motifs is 1. The van der Waals surface area contributed by atoms with Crippen LogP contribution in [0.4, 0.5) is 4.39 Å². The van der Waals surface area contributed by atoms with E-state index in [2.05, 4.69) is 11.6 Å². The third-order valence-electron chi connectivity index (χ3n) is 2.87. The standard InChI is InChI=1S/C13H14FNOS/c1-5-13(3,4)10-11(16)8(14)6-9-12(10)17-7(2)15-9/h5-6,16H,1H2,2-4H3. The van der Waals surface area contributed by atoms with Crippen molar-refractivity contribution in [2.45, 2.75) is 26.2 Å². The molecule has 17 heavy (non-hydrogen) atoms. The summed E-state index contributed by atoms with van der Waals surface area (Å²) in [5.41, 5.74) is 0.657. The van der Waals surface area contributed by atoms with E-state index in [0.717, 1.165) is 9.71 Å². The molecule has 1 aromatic heterocycles. The highest BCUT2D eigenvalue weighted by Gasteiger charge is 2.27. The van der Waals surface area contributed by atoms with Gasteiger partial charge in [0.05, 0.1) is 15.2 Å². The molecule has 0 unspecified atom stereocenters. The van der Waals surface area contributed by atoms with Gasteiger partial charge in [0.2, 0.25) is 0 Å². The highest BCUT2D eigenvalue weighted by molar-refractivity contribution is 7.18. The van der Waals surface area contributed by atoms with Crippen molar-refractivity contribution in [3.05, 3.63) is 35.1 Å². The van der Waals surface area contributed by atoms with Crippen molar-refractivity contribution in [3.63, 3.8) is 0 Å². The van der Waals surface area contributed by atoms with Gasteiger partial charge in [-0.25, -0.2) is 9.37 Å². The molecule has 4 heteroatoms. The van der Waals surface area contributed by atoms with E-state index in [1.54, 1.807) is 6.08 Å². The van der Waals surface area contributed by atoms with Crippen LogP contribution in [0.5, 0.6) is 5.75 Å². The molecule has 0 saturated carbocycles. The number of aryl methyl sites for hydroxylation is 1. The van der Waals surface area contributed by atoms with E-state index in [1.807, 2.05) is 20.8 Å². The summed E-state index contributed by atoms with van der Waals surface area (Å²) in [6.07, 6.45) is 1.70. The number of hydrogen-bond donors (Lipinski definition) is 1. The van der Waals surface area contributed by atoms with E-state index in [0.29, 0.717) is 11.1 Å². The normalized spacial score (nSPS) is 12.0. The smallest absolute Gasteiger partial charge is 0.167 e. The molecule has 2 nitrogen and oxygen atoms in total. The molecule has 90 valence electrons. The Morgan fingerprint density at radius 2 is 2.18 bits per heavy atom. The second kappa shape index (κ2) is 3.81. The van der Waals surface area contributed by atoms with Crippen LogP contribution in [0.1, 0.15) is 24.4 Å². The lowest BCUT2D eigenvalue weighted by Crippen LogP contribution is -2.14. The number of benzene rings is 1. The molecule has 2 aromatic rings. The molecule has 0 radical (unpaired) electrons. The van der Waals surface area contributed by atoms with Crippen LogP contribution < -0.4 is 0 Å². The fourth-order valence-corrected chi connectivity index (χ4v) is 2.95. The van der Waals surface area contributed by atoms with Gasteiger partial charge in [-0.15, -0.1) is 17.9 Å². The number of allylic oxidation sites excluding steroid dienone is 1. The second-order valence-corrected chi connectivity index (χ2v) is 5.79. The molecule has 0 aliphatic heterocycles. The summed E-state index contributed by atoms with van der Waals surface area (Å²) in [7, 11) is 0. The molecule has 0 aliphatic carbocycles. The van der Waals surface area contributed by atoms with Gasteiger partial charge in [-0.1, -0.05) is 19.9 Å². The minimum Gasteiger partial charge on any atom is -0.505 e. The van der Waals surface area contributed by atoms with Crippen molar-refractivity contribution in [1.29, 1.82) is 0 Å². The van der Waals surface area contributed by atoms with Crippen molar-refractivity contribution in [2.24, 2.45) is 0 Å². The predicted octanol–water partition coefficient (Wildman–Crippen LogP) is 3.91. The summed E-state index contributed by atoms with van der Waals surface area (Å²) in [5.74, 6) is -0.932. The van der Waals surface area contributed by atoms with E-state index in [4.69, 9.17) is 0 Å². The van der Waals surface area contributed by atoms with Crippen molar-refractivity contribution in [1.82, 2.24) is 4.98 Å². The molecular formula is C13H14FNOS. The largest absolute Gasteiger partial charge is 0.505 e. The number of nitrogens with zero attached hydrogens (tertiary/aromatic N) is 1. The van der Waals surface area contributed by atoms with Gasteiger partial charge in [-0.2, -0.15) is 0 Å². The van der Waals surface area contributed by atoms with Crippen LogP contribution in [-0.2, 0) is 5.41 Å². The van der Waals surface area contributed by atoms with E-state index >= 15 is 0 Å². The maximum absolute atomic E-state index is 13.7. The van der Waals surface area contributed by atoms with E-state index in [-0.39, 0.29) is 5.75 Å². The summed E-state index contributed by atoms with van der Waals surface area (Å²) in [4.78, 5) is 4.26. The Labute approximate surface area is 103 Å². The highest BCUT2D eigenvalue weighted by atomic mass is 32.1. The zero-order valence-corrected chi connectivity index (χ0v) is 10.9. The van der Waals surface area contributed by atoms with Gasteiger partial charge in [0.1, 0.15) is 0 Å². The Bertz CT molecular complexity index is 601. The van der Waals surface area contributed by atoms with Gasteiger partial charge in [0, 0.05) is 17.0 Å². The first-order valence-corrected chi connectivity index (χ1v) is 6.11. The van der Waals surface area contributed by atoms with Crippen molar-refractivity contribution >= 4 is 21.6 Å². The van der Waals surface area contributed by atoms with Gasteiger partial charge < -0.3 is 5.11 Å². The third-order valence-corrected chi connectivity index (χ3v) is 3.87. The minimum atomic E-state index is -0.632. The number of aromatic hydroxyl groups is 1. The van der Waals surface area contributed by atoms with Crippen LogP contribution in [0.15, 0.2) is 18.7 Å². The predicted molar refractivity (Wildman–Crippen MR) is 69.2 cm³/mol. The fourth-order valence-electron chi connectivity index (χ4n) is 1.84. The van der Waals surface area contributed by atoms with Gasteiger partial charge >= 0.3 is 0 Å². The van der Waals surface area contributed by atoms with Crippen LogP contribution in [0.25, 0.3) is 10.2 Å². The first-order valence-electron chi connectivity index (χ1n) is 5.29. The zero-order valence-electron chi connectivity index (χ0n) is 10.0. The van der Waals surface area contributed by atoms with Gasteiger partial charge in [0.25, 0.3) is 0 Å². The lowest BCUT2D eigenvalue weighted by molar-refractivity contribution is 0.418. The minimum absolute atomic E-state index is 0.300. The number of rotatable bonds is 2. The number of hydrogen-bond acceptors (Lipinski definition) is 3. The Hall–Kier alpha value is -1.42. The van der Waals surface area contributed by atoms with Crippen LogP contribution >= 0.6 is 11.3 Å². The lowest BCUT2D eigenvalue weighted by atomic mass is 9.84. The average Bonchev–Trinajstić information content (AvgIpc) is 2.59. The first-order chi connectivity index (χ1) is 7.86. The van der Waals surface area contributed by atoms with Crippen molar-refractivity contribution in [2.75, 3.05) is 0 Å². The topological polar surface area (TPSA) is 33.1 Å². The van der Waals surface area contributed by atoms with E-state index in [1.165, 1.54) is 17.4 Å². The fraction of sp³-hybridized carbons (Fsp3) is 0.308. The van der Waals surface area contributed by atoms with E-state index in [9.17, 15) is 9.50 Å². The lowest BCUT2D eigenvalue weighted by Gasteiger charge is -2.22. The molecule has 0 amide bonds. The third kappa shape index (κ3) is 1.82. The molecule has 1 aromatic carbocycles. The molecule has 2 rings (SSSR count). The quantitative estimate of drug-likeness (QED) is 0.821. The van der Waals surface area contributed by atoms with Crippen LogP contribution in [-0.4, -0.2) is 10.1 Å². The summed E-state index contributed by atoms with van der Waals surface area (Å²) in [6, 6.07) is 1.27. The molecule has 0 spiro atoms. The Balaban J connectivity index is 2.92. The van der Waals surface area contributed by atoms with Gasteiger partial charge in [0.15, 0.2) is 11.6 Å². The summed E-state index contributed by atoms with van der Waals surface area (Å²) >= 11 is 1.46. The molecule has 0 atom stereocenters. The first kappa shape index (κ1) is 12.0. The number of aromatic nitrogens is 1. The molecule has 0 fully saturated rings. The van der Waals surface area contributed by atoms with Crippen molar-refractivity contribution in [3.8, 4) is 5.75 Å². The maximum Gasteiger partial charge on any atom is 0.167 e. The van der Waals surface area contributed by atoms with Gasteiger partial charge in [-0.3, -0.25) is 0 Å². The summed E-state index contributed by atoms with van der Waals surface area (Å²) in [6.45, 7) is 9.39. The average molecular weight is 251 g/mol. The Morgan fingerprint density at radius 3 is 2.76 bits per heavy atom. The van der Waals surface area contributed by atoms with Crippen LogP contribution in [0.3, 0.4) is 0 Å². The monoisotopic (exact) mass is 251 g/mol. The van der Waals surface area contributed by atoms with Gasteiger partial charge in [-0.05, 0) is 6.92 Å². The number of phenols is 1.